The molecule has 2 unspecified atom stereocenters. The molecule has 0 aliphatic carbocycles. The highest BCUT2D eigenvalue weighted by Crippen LogP contribution is 2.29. The summed E-state index contributed by atoms with van der Waals surface area (Å²) in [6.45, 7) is 3.13. The predicted molar refractivity (Wildman–Crippen MR) is 87.7 cm³/mol. The fourth-order valence-electron chi connectivity index (χ4n) is 3.50. The molecule has 0 saturated carbocycles. The van der Waals surface area contributed by atoms with Gasteiger partial charge in [0.05, 0.1) is 49.9 Å². The van der Waals surface area contributed by atoms with Gasteiger partial charge in [-0.05, 0) is 12.1 Å². The first-order valence-electron chi connectivity index (χ1n) is 8.45. The molecular weight excluding hydrogens is 324 g/mol. The van der Waals surface area contributed by atoms with Crippen molar-refractivity contribution in [3.05, 3.63) is 35.9 Å². The van der Waals surface area contributed by atoms with Gasteiger partial charge >= 0.3 is 6.03 Å². The minimum atomic E-state index is -0.154. The second kappa shape index (κ2) is 6.85. The van der Waals surface area contributed by atoms with E-state index in [1.807, 2.05) is 29.0 Å². The quantitative estimate of drug-likeness (QED) is 0.865. The molecule has 0 bridgehead atoms. The number of nitrogens with one attached hydrogen (secondary N) is 1. The Balaban J connectivity index is 1.60. The van der Waals surface area contributed by atoms with Crippen LogP contribution in [0.15, 0.2) is 24.5 Å². The first kappa shape index (κ1) is 16.1. The number of morpholine rings is 2. The lowest BCUT2D eigenvalue weighted by Crippen LogP contribution is -2.53. The van der Waals surface area contributed by atoms with Crippen molar-refractivity contribution in [3.63, 3.8) is 0 Å². The van der Waals surface area contributed by atoms with Crippen molar-refractivity contribution in [1.82, 2.24) is 29.8 Å². The van der Waals surface area contributed by atoms with Gasteiger partial charge in [0.2, 0.25) is 0 Å². The van der Waals surface area contributed by atoms with Crippen LogP contribution in [0.2, 0.25) is 0 Å². The van der Waals surface area contributed by atoms with Crippen LogP contribution in [-0.2, 0) is 16.5 Å². The fraction of sp³-hybridized carbons (Fsp3) is 0.562. The van der Waals surface area contributed by atoms with Gasteiger partial charge in [0.15, 0.2) is 0 Å². The Morgan fingerprint density at radius 3 is 2.48 bits per heavy atom. The molecule has 0 radical (unpaired) electrons. The number of aromatic nitrogens is 4. The Hall–Kier alpha value is -2.39. The molecule has 2 saturated heterocycles. The van der Waals surface area contributed by atoms with Gasteiger partial charge in [-0.3, -0.25) is 9.78 Å². The van der Waals surface area contributed by atoms with Gasteiger partial charge in [-0.15, -0.1) is 0 Å². The average molecular weight is 346 g/mol. The SMILES string of the molecule is Cn1nccc1C1COCCN1C(=O)N1CCOCC1c1ccn[nH]1. The molecule has 4 heterocycles. The zero-order chi connectivity index (χ0) is 17.2. The second-order valence-electron chi connectivity index (χ2n) is 6.24. The molecule has 0 aromatic carbocycles. The monoisotopic (exact) mass is 346 g/mol. The van der Waals surface area contributed by atoms with Crippen molar-refractivity contribution in [3.8, 4) is 0 Å². The molecule has 2 aliphatic heterocycles. The molecule has 9 nitrogen and oxygen atoms in total. The number of nitrogens with zero attached hydrogens (tertiary/aromatic N) is 5. The third-order valence-electron chi connectivity index (χ3n) is 4.83. The zero-order valence-corrected chi connectivity index (χ0v) is 14.2. The summed E-state index contributed by atoms with van der Waals surface area (Å²) in [5.74, 6) is 0. The van der Waals surface area contributed by atoms with E-state index in [0.717, 1.165) is 11.4 Å². The van der Waals surface area contributed by atoms with Crippen molar-refractivity contribution < 1.29 is 14.3 Å². The predicted octanol–water partition coefficient (Wildman–Crippen LogP) is 0.710. The number of hydrogen-bond donors (Lipinski definition) is 1. The van der Waals surface area contributed by atoms with Crippen molar-refractivity contribution >= 4 is 6.03 Å². The Morgan fingerprint density at radius 2 is 1.84 bits per heavy atom. The lowest BCUT2D eigenvalue weighted by molar-refractivity contribution is -0.0282. The highest BCUT2D eigenvalue weighted by Gasteiger charge is 2.37. The van der Waals surface area contributed by atoms with Crippen LogP contribution in [0.5, 0.6) is 0 Å². The van der Waals surface area contributed by atoms with Crippen LogP contribution in [0, 0.1) is 0 Å². The lowest BCUT2D eigenvalue weighted by Gasteiger charge is -2.42. The average Bonchev–Trinajstić information content (AvgIpc) is 3.33. The number of aryl methyl sites for hydroxylation is 1. The Kier molecular flexibility index (Phi) is 4.41. The van der Waals surface area contributed by atoms with E-state index in [2.05, 4.69) is 15.3 Å². The summed E-state index contributed by atoms with van der Waals surface area (Å²) in [7, 11) is 1.88. The summed E-state index contributed by atoms with van der Waals surface area (Å²) < 4.78 is 13.0. The third kappa shape index (κ3) is 3.00. The summed E-state index contributed by atoms with van der Waals surface area (Å²) in [6.07, 6.45) is 3.44. The zero-order valence-electron chi connectivity index (χ0n) is 14.2. The molecule has 2 fully saturated rings. The van der Waals surface area contributed by atoms with Crippen molar-refractivity contribution in [2.24, 2.45) is 7.05 Å². The number of amides is 2. The molecule has 4 rings (SSSR count). The molecule has 2 aromatic rings. The van der Waals surface area contributed by atoms with Crippen LogP contribution < -0.4 is 0 Å². The Bertz CT molecular complexity index is 715. The van der Waals surface area contributed by atoms with Crippen LogP contribution in [0.3, 0.4) is 0 Å². The summed E-state index contributed by atoms with van der Waals surface area (Å²) in [4.78, 5) is 17.1. The highest BCUT2D eigenvalue weighted by atomic mass is 16.5. The maximum Gasteiger partial charge on any atom is 0.321 e. The number of aromatic amines is 1. The van der Waals surface area contributed by atoms with E-state index in [1.54, 1.807) is 17.1 Å². The molecule has 2 aromatic heterocycles. The maximum absolute atomic E-state index is 13.4. The van der Waals surface area contributed by atoms with Gasteiger partial charge in [-0.25, -0.2) is 4.79 Å². The summed E-state index contributed by atoms with van der Waals surface area (Å²) in [6, 6.07) is 3.53. The number of rotatable bonds is 2. The van der Waals surface area contributed by atoms with Crippen molar-refractivity contribution in [1.29, 1.82) is 0 Å². The lowest BCUT2D eigenvalue weighted by atomic mass is 10.1. The first-order valence-corrected chi connectivity index (χ1v) is 8.45. The molecule has 2 aliphatic rings. The summed E-state index contributed by atoms with van der Waals surface area (Å²) in [5, 5.41) is 11.2. The Morgan fingerprint density at radius 1 is 1.12 bits per heavy atom. The van der Waals surface area contributed by atoms with Crippen molar-refractivity contribution in [2.75, 3.05) is 39.5 Å². The number of urea groups is 1. The second-order valence-corrected chi connectivity index (χ2v) is 6.24. The molecule has 9 heteroatoms. The molecule has 2 amide bonds. The van der Waals surface area contributed by atoms with E-state index >= 15 is 0 Å². The van der Waals surface area contributed by atoms with Gasteiger partial charge in [0, 0.05) is 32.5 Å². The van der Waals surface area contributed by atoms with Gasteiger partial charge < -0.3 is 19.3 Å². The standard InChI is InChI=1S/C16H22N6O3/c1-20-13(3-5-18-20)15-11-25-9-7-22(15)16(23)21-6-8-24-10-14(21)12-2-4-17-19-12/h2-5,14-15H,6-11H2,1H3,(H,17,19). The maximum atomic E-state index is 13.4. The van der Waals surface area contributed by atoms with E-state index in [4.69, 9.17) is 9.47 Å². The minimum absolute atomic E-state index is 0.00241. The third-order valence-corrected chi connectivity index (χ3v) is 4.83. The van der Waals surface area contributed by atoms with Gasteiger partial charge in [-0.2, -0.15) is 10.2 Å². The largest absolute Gasteiger partial charge is 0.377 e. The van der Waals surface area contributed by atoms with E-state index in [1.165, 1.54) is 0 Å². The molecule has 2 atom stereocenters. The number of carbonyl (C=O) groups is 1. The molecule has 25 heavy (non-hydrogen) atoms. The van der Waals surface area contributed by atoms with Crippen LogP contribution in [0.4, 0.5) is 4.79 Å². The molecule has 1 N–H and O–H groups in total. The molecule has 0 spiro atoms. The van der Waals surface area contributed by atoms with Crippen molar-refractivity contribution in [2.45, 2.75) is 12.1 Å². The van der Waals surface area contributed by atoms with Crippen LogP contribution >= 0.6 is 0 Å². The summed E-state index contributed by atoms with van der Waals surface area (Å²) >= 11 is 0. The van der Waals surface area contributed by atoms with E-state index in [-0.39, 0.29) is 18.1 Å². The van der Waals surface area contributed by atoms with Crippen LogP contribution in [0.1, 0.15) is 23.5 Å². The highest BCUT2D eigenvalue weighted by molar-refractivity contribution is 5.76. The van der Waals surface area contributed by atoms with Gasteiger partial charge in [0.1, 0.15) is 0 Å². The Labute approximate surface area is 145 Å². The van der Waals surface area contributed by atoms with E-state index in [0.29, 0.717) is 39.5 Å². The van der Waals surface area contributed by atoms with E-state index in [9.17, 15) is 4.79 Å². The summed E-state index contributed by atoms with van der Waals surface area (Å²) in [5.41, 5.74) is 1.86. The number of carbonyl (C=O) groups excluding carboxylic acids is 1. The minimum Gasteiger partial charge on any atom is -0.377 e. The molecule has 134 valence electrons. The molecular formula is C16H22N6O3. The number of ether oxygens (including phenoxy) is 2. The van der Waals surface area contributed by atoms with Gasteiger partial charge in [-0.1, -0.05) is 0 Å². The van der Waals surface area contributed by atoms with Crippen LogP contribution in [-0.4, -0.2) is 75.3 Å². The number of hydrogen-bond acceptors (Lipinski definition) is 5. The van der Waals surface area contributed by atoms with Gasteiger partial charge in [0.25, 0.3) is 0 Å². The topological polar surface area (TPSA) is 88.5 Å². The first-order chi connectivity index (χ1) is 12.3. The fourth-order valence-corrected chi connectivity index (χ4v) is 3.50. The smallest absolute Gasteiger partial charge is 0.321 e. The van der Waals surface area contributed by atoms with Crippen LogP contribution in [0.25, 0.3) is 0 Å². The number of H-pyrrole nitrogens is 1. The van der Waals surface area contributed by atoms with E-state index < -0.39 is 0 Å². The normalized spacial score (nSPS) is 24.5.